The summed E-state index contributed by atoms with van der Waals surface area (Å²) >= 11 is 0. The fourth-order valence-electron chi connectivity index (χ4n) is 3.31. The van der Waals surface area contributed by atoms with E-state index in [1.165, 1.54) is 24.0 Å². The number of hydrogen-bond donors (Lipinski definition) is 1. The molecule has 4 rings (SSSR count). The lowest BCUT2D eigenvalue weighted by Crippen LogP contribution is -2.34. The molecule has 142 valence electrons. The summed E-state index contributed by atoms with van der Waals surface area (Å²) in [6.45, 7) is 4.59. The molecule has 0 unspecified atom stereocenters. The first-order valence-corrected chi connectivity index (χ1v) is 9.66. The van der Waals surface area contributed by atoms with Crippen molar-refractivity contribution in [2.75, 3.05) is 25.1 Å². The number of ether oxygens (including phenoxy) is 2. The number of fused-ring (bicyclic) bond motifs is 1. The van der Waals surface area contributed by atoms with Gasteiger partial charge in [0.15, 0.2) is 11.5 Å². The van der Waals surface area contributed by atoms with E-state index < -0.39 is 0 Å². The highest BCUT2D eigenvalue weighted by Gasteiger charge is 2.30. The van der Waals surface area contributed by atoms with Gasteiger partial charge in [0, 0.05) is 30.8 Å². The SMILES string of the molecule is Cc1ccc(CN(CC(=O)Nc2ccc3c(c2)OCCCO3)C2CC2)cc1. The summed E-state index contributed by atoms with van der Waals surface area (Å²) in [6.07, 6.45) is 3.21. The normalized spacial score (nSPS) is 16.1. The molecule has 1 amide bonds. The van der Waals surface area contributed by atoms with Crippen molar-refractivity contribution >= 4 is 11.6 Å². The van der Waals surface area contributed by atoms with Gasteiger partial charge in [0.1, 0.15) is 0 Å². The van der Waals surface area contributed by atoms with E-state index >= 15 is 0 Å². The Kier molecular flexibility index (Phi) is 5.30. The zero-order valence-corrected chi connectivity index (χ0v) is 15.7. The molecule has 5 nitrogen and oxygen atoms in total. The van der Waals surface area contributed by atoms with Crippen molar-refractivity contribution in [2.45, 2.75) is 38.8 Å². The molecule has 5 heteroatoms. The topological polar surface area (TPSA) is 50.8 Å². The summed E-state index contributed by atoms with van der Waals surface area (Å²) in [5, 5.41) is 3.00. The second-order valence-corrected chi connectivity index (χ2v) is 7.38. The summed E-state index contributed by atoms with van der Waals surface area (Å²) in [5.74, 6) is 1.44. The number of amides is 1. The van der Waals surface area contributed by atoms with Crippen LogP contribution < -0.4 is 14.8 Å². The Morgan fingerprint density at radius 3 is 2.56 bits per heavy atom. The average molecular weight is 366 g/mol. The van der Waals surface area contributed by atoms with Gasteiger partial charge in [-0.3, -0.25) is 9.69 Å². The van der Waals surface area contributed by atoms with Gasteiger partial charge in [-0.1, -0.05) is 29.8 Å². The van der Waals surface area contributed by atoms with Gasteiger partial charge in [-0.2, -0.15) is 0 Å². The van der Waals surface area contributed by atoms with E-state index in [-0.39, 0.29) is 5.91 Å². The molecule has 1 N–H and O–H groups in total. The van der Waals surface area contributed by atoms with E-state index in [0.717, 1.165) is 24.4 Å². The van der Waals surface area contributed by atoms with E-state index in [2.05, 4.69) is 41.4 Å². The second kappa shape index (κ2) is 8.01. The first-order chi connectivity index (χ1) is 13.2. The first kappa shape index (κ1) is 17.9. The van der Waals surface area contributed by atoms with Crippen LogP contribution in [0.5, 0.6) is 11.5 Å². The predicted molar refractivity (Wildman–Crippen MR) is 105 cm³/mol. The molecule has 0 aromatic heterocycles. The highest BCUT2D eigenvalue weighted by molar-refractivity contribution is 5.92. The molecule has 0 bridgehead atoms. The van der Waals surface area contributed by atoms with Crippen LogP contribution in [0, 0.1) is 6.92 Å². The molecule has 0 spiro atoms. The fourth-order valence-corrected chi connectivity index (χ4v) is 3.31. The first-order valence-electron chi connectivity index (χ1n) is 9.66. The number of carbonyl (C=O) groups is 1. The number of hydrogen-bond acceptors (Lipinski definition) is 4. The molecular formula is C22H26N2O3. The second-order valence-electron chi connectivity index (χ2n) is 7.38. The zero-order chi connectivity index (χ0) is 18.6. The van der Waals surface area contributed by atoms with Crippen molar-refractivity contribution in [1.29, 1.82) is 0 Å². The number of rotatable bonds is 6. The monoisotopic (exact) mass is 366 g/mol. The lowest BCUT2D eigenvalue weighted by atomic mass is 10.1. The third-order valence-electron chi connectivity index (χ3n) is 4.95. The Morgan fingerprint density at radius 2 is 1.81 bits per heavy atom. The van der Waals surface area contributed by atoms with Crippen molar-refractivity contribution in [1.82, 2.24) is 4.90 Å². The number of anilines is 1. The molecule has 0 saturated heterocycles. The summed E-state index contributed by atoms with van der Waals surface area (Å²) in [4.78, 5) is 14.9. The largest absolute Gasteiger partial charge is 0.490 e. The van der Waals surface area contributed by atoms with Crippen LogP contribution in [0.25, 0.3) is 0 Å². The van der Waals surface area contributed by atoms with Crippen LogP contribution in [0.4, 0.5) is 5.69 Å². The lowest BCUT2D eigenvalue weighted by Gasteiger charge is -2.21. The Labute approximate surface area is 160 Å². The van der Waals surface area contributed by atoms with Crippen LogP contribution in [0.15, 0.2) is 42.5 Å². The van der Waals surface area contributed by atoms with Crippen molar-refractivity contribution in [3.8, 4) is 11.5 Å². The number of aryl methyl sites for hydroxylation is 1. The van der Waals surface area contributed by atoms with Crippen molar-refractivity contribution in [3.05, 3.63) is 53.6 Å². The smallest absolute Gasteiger partial charge is 0.238 e. The molecule has 27 heavy (non-hydrogen) atoms. The van der Waals surface area contributed by atoms with E-state index in [4.69, 9.17) is 9.47 Å². The molecule has 1 fully saturated rings. The minimum Gasteiger partial charge on any atom is -0.490 e. The number of benzene rings is 2. The van der Waals surface area contributed by atoms with Gasteiger partial charge >= 0.3 is 0 Å². The molecule has 1 saturated carbocycles. The quantitative estimate of drug-likeness (QED) is 0.846. The van der Waals surface area contributed by atoms with Crippen molar-refractivity contribution in [3.63, 3.8) is 0 Å². The minimum atomic E-state index is 0.00324. The molecule has 1 heterocycles. The third-order valence-corrected chi connectivity index (χ3v) is 4.95. The number of nitrogens with zero attached hydrogens (tertiary/aromatic N) is 1. The maximum absolute atomic E-state index is 12.6. The van der Waals surface area contributed by atoms with Gasteiger partial charge in [0.05, 0.1) is 19.8 Å². The van der Waals surface area contributed by atoms with Crippen LogP contribution in [-0.2, 0) is 11.3 Å². The number of carbonyl (C=O) groups excluding carboxylic acids is 1. The summed E-state index contributed by atoms with van der Waals surface area (Å²) in [6, 6.07) is 14.6. The average Bonchev–Trinajstić information content (AvgIpc) is 3.50. The Bertz CT molecular complexity index is 800. The van der Waals surface area contributed by atoms with Gasteiger partial charge in [0.2, 0.25) is 5.91 Å². The van der Waals surface area contributed by atoms with Gasteiger partial charge in [-0.15, -0.1) is 0 Å². The highest BCUT2D eigenvalue weighted by Crippen LogP contribution is 2.32. The van der Waals surface area contributed by atoms with Crippen LogP contribution in [0.1, 0.15) is 30.4 Å². The molecule has 0 atom stereocenters. The maximum Gasteiger partial charge on any atom is 0.238 e. The minimum absolute atomic E-state index is 0.00324. The Hall–Kier alpha value is -2.53. The van der Waals surface area contributed by atoms with Crippen molar-refractivity contribution < 1.29 is 14.3 Å². The zero-order valence-electron chi connectivity index (χ0n) is 15.7. The van der Waals surface area contributed by atoms with E-state index in [1.54, 1.807) is 0 Å². The Morgan fingerprint density at radius 1 is 1.07 bits per heavy atom. The van der Waals surface area contributed by atoms with Gasteiger partial charge in [0.25, 0.3) is 0 Å². The molecule has 2 aromatic carbocycles. The maximum atomic E-state index is 12.6. The third kappa shape index (κ3) is 4.80. The van der Waals surface area contributed by atoms with Crippen molar-refractivity contribution in [2.24, 2.45) is 0 Å². The molecular weight excluding hydrogens is 340 g/mol. The van der Waals surface area contributed by atoms with E-state index in [0.29, 0.717) is 31.5 Å². The molecule has 1 aliphatic heterocycles. The molecule has 0 radical (unpaired) electrons. The number of nitrogens with one attached hydrogen (secondary N) is 1. The summed E-state index contributed by atoms with van der Waals surface area (Å²) in [5.41, 5.74) is 3.25. The molecule has 2 aliphatic rings. The fraction of sp³-hybridized carbons (Fsp3) is 0.409. The Balaban J connectivity index is 1.38. The lowest BCUT2D eigenvalue weighted by molar-refractivity contribution is -0.117. The standard InChI is InChI=1S/C22H26N2O3/c1-16-3-5-17(6-4-16)14-24(19-8-9-19)15-22(25)23-18-7-10-20-21(13-18)27-12-2-11-26-20/h3-7,10,13,19H,2,8-9,11-12,14-15H2,1H3,(H,23,25). The molecule has 1 aliphatic carbocycles. The van der Waals surface area contributed by atoms with Gasteiger partial charge in [-0.25, -0.2) is 0 Å². The summed E-state index contributed by atoms with van der Waals surface area (Å²) < 4.78 is 11.3. The summed E-state index contributed by atoms with van der Waals surface area (Å²) in [7, 11) is 0. The molecule has 2 aromatic rings. The van der Waals surface area contributed by atoms with Crippen LogP contribution in [-0.4, -0.2) is 36.6 Å². The van der Waals surface area contributed by atoms with E-state index in [9.17, 15) is 4.79 Å². The van der Waals surface area contributed by atoms with Crippen LogP contribution in [0.2, 0.25) is 0 Å². The van der Waals surface area contributed by atoms with Gasteiger partial charge in [-0.05, 0) is 37.5 Å². The predicted octanol–water partition coefficient (Wildman–Crippen LogP) is 3.76. The van der Waals surface area contributed by atoms with Crippen LogP contribution in [0.3, 0.4) is 0 Å². The van der Waals surface area contributed by atoms with E-state index in [1.807, 2.05) is 18.2 Å². The highest BCUT2D eigenvalue weighted by atomic mass is 16.5. The van der Waals surface area contributed by atoms with Crippen LogP contribution >= 0.6 is 0 Å². The van der Waals surface area contributed by atoms with Gasteiger partial charge < -0.3 is 14.8 Å².